The minimum absolute atomic E-state index is 0.0446. The van der Waals surface area contributed by atoms with Crippen molar-refractivity contribution in [3.8, 4) is 34.8 Å². The fourth-order valence-electron chi connectivity index (χ4n) is 3.67. The topological polar surface area (TPSA) is 127 Å². The third-order valence-electron chi connectivity index (χ3n) is 5.58. The zero-order chi connectivity index (χ0) is 28.1. The Labute approximate surface area is 221 Å². The monoisotopic (exact) mass is 533 g/mol. The van der Waals surface area contributed by atoms with Crippen LogP contribution in [0.4, 0.5) is 10.1 Å². The number of fused-ring (bicyclic) bond motifs is 1. The number of anilines is 1. The molecular weight excluding hydrogens is 509 g/mol. The smallest absolute Gasteiger partial charge is 0.348 e. The van der Waals surface area contributed by atoms with Gasteiger partial charge in [-0.25, -0.2) is 18.4 Å². The van der Waals surface area contributed by atoms with E-state index >= 15 is 4.39 Å². The summed E-state index contributed by atoms with van der Waals surface area (Å²) in [6.45, 7) is 1.63. The van der Waals surface area contributed by atoms with Crippen LogP contribution in [0.5, 0.6) is 23.0 Å². The largest absolute Gasteiger partial charge is 0.493 e. The van der Waals surface area contributed by atoms with Gasteiger partial charge in [0.15, 0.2) is 23.1 Å². The standard InChI is InChI=1S/C27H24FN5O6/c1-5-6-7-12-33-26(35)24(31-32(2)27(33)36)25(34)30-16-8-9-21(18(28)13-16)39-20-10-11-29-19-15-23(38-4)22(37-3)14-17(19)20/h8-11,13-15H,5,12H2,1-4H3,(H,30,34). The maximum atomic E-state index is 15.0. The highest BCUT2D eigenvalue weighted by Gasteiger charge is 2.19. The summed E-state index contributed by atoms with van der Waals surface area (Å²) < 4.78 is 33.1. The normalized spacial score (nSPS) is 10.5. The van der Waals surface area contributed by atoms with Gasteiger partial charge in [0.2, 0.25) is 5.69 Å². The molecule has 4 aromatic rings. The molecule has 39 heavy (non-hydrogen) atoms. The first-order valence-corrected chi connectivity index (χ1v) is 11.7. The molecule has 0 saturated heterocycles. The fraction of sp³-hybridized carbons (Fsp3) is 0.222. The number of nitrogens with zero attached hydrogens (tertiary/aromatic N) is 4. The van der Waals surface area contributed by atoms with E-state index in [2.05, 4.69) is 27.2 Å². The molecule has 4 rings (SSSR count). The van der Waals surface area contributed by atoms with E-state index in [0.29, 0.717) is 34.6 Å². The number of carbonyl (C=O) groups excluding carboxylic acids is 1. The molecule has 0 aliphatic heterocycles. The number of hydrogen-bond donors (Lipinski definition) is 1. The maximum Gasteiger partial charge on any atom is 0.348 e. The number of aromatic nitrogens is 4. The Morgan fingerprint density at radius 2 is 1.77 bits per heavy atom. The SMILES string of the molecule is CCC#CCn1c(=O)c(C(=O)Nc2ccc(Oc3ccnc4cc(OC)c(OC)cc34)c(F)c2)nn(C)c1=O. The molecule has 0 atom stereocenters. The van der Waals surface area contributed by atoms with Gasteiger partial charge in [-0.05, 0) is 24.3 Å². The highest BCUT2D eigenvalue weighted by atomic mass is 19.1. The highest BCUT2D eigenvalue weighted by Crippen LogP contribution is 2.37. The van der Waals surface area contributed by atoms with Crippen molar-refractivity contribution >= 4 is 22.5 Å². The lowest BCUT2D eigenvalue weighted by Crippen LogP contribution is -2.44. The molecule has 200 valence electrons. The second-order valence-electron chi connectivity index (χ2n) is 8.09. The second kappa shape index (κ2) is 11.5. The summed E-state index contributed by atoms with van der Waals surface area (Å²) >= 11 is 0. The number of rotatable bonds is 7. The van der Waals surface area contributed by atoms with Crippen LogP contribution >= 0.6 is 0 Å². The molecule has 0 bridgehead atoms. The van der Waals surface area contributed by atoms with Gasteiger partial charge in [-0.15, -0.1) is 5.92 Å². The second-order valence-corrected chi connectivity index (χ2v) is 8.09. The van der Waals surface area contributed by atoms with Crippen molar-refractivity contribution in [2.45, 2.75) is 19.9 Å². The van der Waals surface area contributed by atoms with Gasteiger partial charge in [0.05, 0.1) is 26.3 Å². The summed E-state index contributed by atoms with van der Waals surface area (Å²) in [5.41, 5.74) is -1.57. The third kappa shape index (κ3) is 5.57. The molecule has 0 spiro atoms. The Morgan fingerprint density at radius 3 is 2.46 bits per heavy atom. The number of nitrogens with one attached hydrogen (secondary N) is 1. The number of aryl methyl sites for hydroxylation is 1. The zero-order valence-electron chi connectivity index (χ0n) is 21.6. The van der Waals surface area contributed by atoms with Gasteiger partial charge in [0, 0.05) is 42.9 Å². The first-order chi connectivity index (χ1) is 18.8. The van der Waals surface area contributed by atoms with E-state index in [1.807, 2.05) is 6.92 Å². The van der Waals surface area contributed by atoms with Gasteiger partial charge >= 0.3 is 5.69 Å². The van der Waals surface area contributed by atoms with E-state index in [-0.39, 0.29) is 18.0 Å². The van der Waals surface area contributed by atoms with E-state index in [1.54, 1.807) is 18.2 Å². The summed E-state index contributed by atoms with van der Waals surface area (Å²) in [5.74, 6) is 4.89. The molecule has 1 N–H and O–H groups in total. The Bertz CT molecular complexity index is 1750. The van der Waals surface area contributed by atoms with E-state index in [4.69, 9.17) is 14.2 Å². The van der Waals surface area contributed by atoms with Crippen LogP contribution in [0.25, 0.3) is 10.9 Å². The van der Waals surface area contributed by atoms with Crippen LogP contribution in [0.1, 0.15) is 23.8 Å². The number of hydrogen-bond acceptors (Lipinski definition) is 8. The number of amides is 1. The van der Waals surface area contributed by atoms with E-state index < -0.39 is 28.7 Å². The van der Waals surface area contributed by atoms with Crippen LogP contribution in [-0.2, 0) is 13.6 Å². The summed E-state index contributed by atoms with van der Waals surface area (Å²) in [5, 5.41) is 6.77. The molecule has 2 aromatic carbocycles. The van der Waals surface area contributed by atoms with Gasteiger partial charge in [-0.3, -0.25) is 14.6 Å². The van der Waals surface area contributed by atoms with E-state index in [9.17, 15) is 14.4 Å². The molecule has 12 heteroatoms. The third-order valence-corrected chi connectivity index (χ3v) is 5.58. The van der Waals surface area contributed by atoms with Gasteiger partial charge < -0.3 is 19.5 Å². The van der Waals surface area contributed by atoms with Crippen molar-refractivity contribution in [2.75, 3.05) is 19.5 Å². The van der Waals surface area contributed by atoms with Crippen LogP contribution in [0, 0.1) is 17.7 Å². The minimum Gasteiger partial charge on any atom is -0.493 e. The molecule has 2 aromatic heterocycles. The zero-order valence-corrected chi connectivity index (χ0v) is 21.6. The van der Waals surface area contributed by atoms with Crippen molar-refractivity contribution in [3.05, 3.63) is 74.9 Å². The molecule has 11 nitrogen and oxygen atoms in total. The molecule has 0 unspecified atom stereocenters. The lowest BCUT2D eigenvalue weighted by atomic mass is 10.2. The van der Waals surface area contributed by atoms with Gasteiger partial charge in [-0.2, -0.15) is 5.10 Å². The molecule has 0 fully saturated rings. The van der Waals surface area contributed by atoms with Crippen molar-refractivity contribution in [2.24, 2.45) is 7.05 Å². The molecule has 2 heterocycles. The summed E-state index contributed by atoms with van der Waals surface area (Å²) in [6.07, 6.45) is 2.05. The number of halogens is 1. The average molecular weight is 534 g/mol. The molecular formula is C27H24FN5O6. The first kappa shape index (κ1) is 26.9. The van der Waals surface area contributed by atoms with Gasteiger partial charge in [0.1, 0.15) is 5.75 Å². The summed E-state index contributed by atoms with van der Waals surface area (Å²) in [7, 11) is 4.31. The maximum absolute atomic E-state index is 15.0. The minimum atomic E-state index is -0.915. The van der Waals surface area contributed by atoms with Crippen LogP contribution in [0.3, 0.4) is 0 Å². The molecule has 0 radical (unpaired) electrons. The average Bonchev–Trinajstić information content (AvgIpc) is 2.93. The van der Waals surface area contributed by atoms with Crippen molar-refractivity contribution < 1.29 is 23.4 Å². The predicted molar refractivity (Wildman–Crippen MR) is 141 cm³/mol. The summed E-state index contributed by atoms with van der Waals surface area (Å²) in [4.78, 5) is 42.1. The van der Waals surface area contributed by atoms with Crippen molar-refractivity contribution in [3.63, 3.8) is 0 Å². The molecule has 0 aliphatic rings. The van der Waals surface area contributed by atoms with E-state index in [0.717, 1.165) is 15.3 Å². The van der Waals surface area contributed by atoms with Gasteiger partial charge in [0.25, 0.3) is 11.5 Å². The summed E-state index contributed by atoms with van der Waals surface area (Å²) in [6, 6.07) is 8.68. The quantitative estimate of drug-likeness (QED) is 0.359. The lowest BCUT2D eigenvalue weighted by Gasteiger charge is -2.13. The van der Waals surface area contributed by atoms with Crippen LogP contribution < -0.4 is 30.8 Å². The molecule has 1 amide bonds. The number of methoxy groups -OCH3 is 2. The Morgan fingerprint density at radius 1 is 1.03 bits per heavy atom. The van der Waals surface area contributed by atoms with E-state index in [1.165, 1.54) is 39.6 Å². The highest BCUT2D eigenvalue weighted by molar-refractivity contribution is 6.02. The van der Waals surface area contributed by atoms with Crippen LogP contribution in [0.15, 0.2) is 52.2 Å². The Balaban J connectivity index is 1.60. The van der Waals surface area contributed by atoms with Crippen LogP contribution in [0.2, 0.25) is 0 Å². The Hall–Kier alpha value is -5.18. The fourth-order valence-corrected chi connectivity index (χ4v) is 3.67. The van der Waals surface area contributed by atoms with Crippen molar-refractivity contribution in [1.82, 2.24) is 19.3 Å². The predicted octanol–water partition coefficient (Wildman–Crippen LogP) is 3.10. The first-order valence-electron chi connectivity index (χ1n) is 11.7. The Kier molecular flexibility index (Phi) is 7.90. The number of ether oxygens (including phenoxy) is 3. The van der Waals surface area contributed by atoms with Crippen LogP contribution in [-0.4, -0.2) is 39.5 Å². The molecule has 0 saturated carbocycles. The number of pyridine rings is 1. The number of benzene rings is 2. The lowest BCUT2D eigenvalue weighted by molar-refractivity contribution is 0.101. The number of carbonyl (C=O) groups is 1. The molecule has 0 aliphatic carbocycles. The van der Waals surface area contributed by atoms with Crippen molar-refractivity contribution in [1.29, 1.82) is 0 Å². The van der Waals surface area contributed by atoms with Gasteiger partial charge in [-0.1, -0.05) is 12.8 Å².